The molecule has 6 nitrogen and oxygen atoms in total. The molecule has 1 aliphatic rings. The van der Waals surface area contributed by atoms with E-state index in [0.29, 0.717) is 18.8 Å². The van der Waals surface area contributed by atoms with Crippen molar-refractivity contribution in [2.45, 2.75) is 32.4 Å². The topological polar surface area (TPSA) is 79.8 Å². The van der Waals surface area contributed by atoms with Crippen LogP contribution in [0.3, 0.4) is 0 Å². The number of nitrogens with zero attached hydrogens (tertiary/aromatic N) is 3. The fourth-order valence-corrected chi connectivity index (χ4v) is 3.71. The van der Waals surface area contributed by atoms with E-state index in [4.69, 9.17) is 0 Å². The van der Waals surface area contributed by atoms with Gasteiger partial charge in [0.05, 0.1) is 5.69 Å². The standard InChI is InChI=1S/C19H19N5OS/c1-12(13-3-5-16-14(9-13)4-6-17(25)24-16)22-10-15-11-26-19(23-15)18-20-7-2-8-21-18/h2-3,5,7-9,11-12,22H,4,6,10H2,1H3,(H,24,25). The molecule has 4 rings (SSSR count). The summed E-state index contributed by atoms with van der Waals surface area (Å²) < 4.78 is 0. The first-order chi connectivity index (χ1) is 12.7. The molecule has 0 saturated carbocycles. The normalized spacial score (nSPS) is 14.6. The van der Waals surface area contributed by atoms with Gasteiger partial charge in [0.2, 0.25) is 5.91 Å². The molecule has 0 saturated heterocycles. The fraction of sp³-hybridized carbons (Fsp3) is 0.263. The maximum atomic E-state index is 11.5. The summed E-state index contributed by atoms with van der Waals surface area (Å²) in [6.07, 6.45) is 4.81. The molecule has 0 spiro atoms. The van der Waals surface area contributed by atoms with E-state index in [1.54, 1.807) is 29.8 Å². The summed E-state index contributed by atoms with van der Waals surface area (Å²) in [4.78, 5) is 24.6. The molecule has 1 aromatic carbocycles. The quantitative estimate of drug-likeness (QED) is 0.725. The number of aryl methyl sites for hydroxylation is 1. The van der Waals surface area contributed by atoms with Gasteiger partial charge in [-0.1, -0.05) is 12.1 Å². The molecule has 132 valence electrons. The SMILES string of the molecule is CC(NCc1csc(-c2ncccn2)n1)c1ccc2c(c1)CCC(=O)N2. The van der Waals surface area contributed by atoms with Crippen LogP contribution in [0.2, 0.25) is 0 Å². The lowest BCUT2D eigenvalue weighted by Gasteiger charge is -2.20. The summed E-state index contributed by atoms with van der Waals surface area (Å²) >= 11 is 1.55. The Balaban J connectivity index is 1.41. The van der Waals surface area contributed by atoms with Crippen LogP contribution < -0.4 is 10.6 Å². The van der Waals surface area contributed by atoms with Gasteiger partial charge in [0.15, 0.2) is 10.8 Å². The van der Waals surface area contributed by atoms with E-state index >= 15 is 0 Å². The highest BCUT2D eigenvalue weighted by molar-refractivity contribution is 7.13. The van der Waals surface area contributed by atoms with Gasteiger partial charge in [-0.05, 0) is 36.6 Å². The van der Waals surface area contributed by atoms with E-state index in [-0.39, 0.29) is 11.9 Å². The number of benzene rings is 1. The second-order valence-corrected chi connectivity index (χ2v) is 7.14. The van der Waals surface area contributed by atoms with E-state index < -0.39 is 0 Å². The summed E-state index contributed by atoms with van der Waals surface area (Å²) in [6, 6.07) is 8.22. The van der Waals surface area contributed by atoms with Crippen LogP contribution in [0.1, 0.15) is 36.2 Å². The first kappa shape index (κ1) is 16.8. The van der Waals surface area contributed by atoms with Crippen molar-refractivity contribution in [2.24, 2.45) is 0 Å². The van der Waals surface area contributed by atoms with Gasteiger partial charge in [-0.2, -0.15) is 0 Å². The Morgan fingerprint density at radius 2 is 2.12 bits per heavy atom. The molecular formula is C19H19N5OS. The number of hydrogen-bond acceptors (Lipinski definition) is 6. The van der Waals surface area contributed by atoms with Crippen molar-refractivity contribution < 1.29 is 4.79 Å². The van der Waals surface area contributed by atoms with Gasteiger partial charge in [-0.25, -0.2) is 15.0 Å². The Bertz CT molecular complexity index is 925. The van der Waals surface area contributed by atoms with Gasteiger partial charge in [0.25, 0.3) is 0 Å². The predicted octanol–water partition coefficient (Wildman–Crippen LogP) is 3.34. The molecule has 0 radical (unpaired) electrons. The number of nitrogens with one attached hydrogen (secondary N) is 2. The molecule has 2 aromatic heterocycles. The zero-order chi connectivity index (χ0) is 17.9. The van der Waals surface area contributed by atoms with Crippen molar-refractivity contribution >= 4 is 22.9 Å². The average molecular weight is 365 g/mol. The van der Waals surface area contributed by atoms with Crippen LogP contribution in [0.4, 0.5) is 5.69 Å². The van der Waals surface area contributed by atoms with Gasteiger partial charge >= 0.3 is 0 Å². The third-order valence-corrected chi connectivity index (χ3v) is 5.31. The summed E-state index contributed by atoms with van der Waals surface area (Å²) in [5, 5.41) is 9.30. The van der Waals surface area contributed by atoms with Crippen LogP contribution in [0.5, 0.6) is 0 Å². The maximum absolute atomic E-state index is 11.5. The maximum Gasteiger partial charge on any atom is 0.224 e. The molecule has 1 amide bonds. The Hall–Kier alpha value is -2.64. The molecule has 7 heteroatoms. The van der Waals surface area contributed by atoms with Gasteiger partial charge in [-0.15, -0.1) is 11.3 Å². The molecule has 0 aliphatic carbocycles. The molecule has 1 aliphatic heterocycles. The Labute approximate surface area is 155 Å². The Morgan fingerprint density at radius 3 is 2.96 bits per heavy atom. The zero-order valence-electron chi connectivity index (χ0n) is 14.4. The molecule has 3 aromatic rings. The fourth-order valence-electron chi connectivity index (χ4n) is 2.95. The second-order valence-electron chi connectivity index (χ2n) is 6.28. The number of hydrogen-bond donors (Lipinski definition) is 2. The average Bonchev–Trinajstić information content (AvgIpc) is 3.15. The van der Waals surface area contributed by atoms with Gasteiger partial charge in [-0.3, -0.25) is 4.79 Å². The summed E-state index contributed by atoms with van der Waals surface area (Å²) in [7, 11) is 0. The number of anilines is 1. The van der Waals surface area contributed by atoms with Crippen molar-refractivity contribution in [3.8, 4) is 10.8 Å². The molecule has 1 unspecified atom stereocenters. The largest absolute Gasteiger partial charge is 0.326 e. The smallest absolute Gasteiger partial charge is 0.224 e. The Morgan fingerprint density at radius 1 is 1.27 bits per heavy atom. The van der Waals surface area contributed by atoms with E-state index in [1.807, 2.05) is 11.4 Å². The molecule has 1 atom stereocenters. The number of carbonyl (C=O) groups excluding carboxylic acids is 1. The van der Waals surface area contributed by atoms with Crippen molar-refractivity contribution in [1.82, 2.24) is 20.3 Å². The van der Waals surface area contributed by atoms with Crippen molar-refractivity contribution in [1.29, 1.82) is 0 Å². The third-order valence-electron chi connectivity index (χ3n) is 4.42. The summed E-state index contributed by atoms with van der Waals surface area (Å²) in [5.41, 5.74) is 4.33. The van der Waals surface area contributed by atoms with E-state index in [2.05, 4.69) is 44.6 Å². The van der Waals surface area contributed by atoms with E-state index in [0.717, 1.165) is 22.8 Å². The van der Waals surface area contributed by atoms with Crippen LogP contribution in [-0.4, -0.2) is 20.9 Å². The third kappa shape index (κ3) is 3.63. The lowest BCUT2D eigenvalue weighted by atomic mass is 9.98. The summed E-state index contributed by atoms with van der Waals surface area (Å²) in [5.74, 6) is 0.756. The van der Waals surface area contributed by atoms with Crippen molar-refractivity contribution in [3.63, 3.8) is 0 Å². The van der Waals surface area contributed by atoms with Crippen LogP contribution in [0, 0.1) is 0 Å². The Kier molecular flexibility index (Phi) is 4.73. The first-order valence-electron chi connectivity index (χ1n) is 8.57. The first-order valence-corrected chi connectivity index (χ1v) is 9.45. The van der Waals surface area contributed by atoms with Crippen LogP contribution in [0.15, 0.2) is 42.0 Å². The molecule has 2 N–H and O–H groups in total. The van der Waals surface area contributed by atoms with E-state index in [9.17, 15) is 4.79 Å². The molecule has 0 fully saturated rings. The minimum Gasteiger partial charge on any atom is -0.326 e. The molecule has 3 heterocycles. The number of amides is 1. The molecule has 26 heavy (non-hydrogen) atoms. The molecule has 0 bridgehead atoms. The van der Waals surface area contributed by atoms with E-state index in [1.165, 1.54) is 11.1 Å². The highest BCUT2D eigenvalue weighted by Gasteiger charge is 2.16. The van der Waals surface area contributed by atoms with Crippen LogP contribution >= 0.6 is 11.3 Å². The monoisotopic (exact) mass is 365 g/mol. The number of rotatable bonds is 5. The number of carbonyl (C=O) groups is 1. The molecular weight excluding hydrogens is 346 g/mol. The van der Waals surface area contributed by atoms with Gasteiger partial charge < -0.3 is 10.6 Å². The number of thiazole rings is 1. The van der Waals surface area contributed by atoms with Gasteiger partial charge in [0, 0.05) is 42.5 Å². The highest BCUT2D eigenvalue weighted by atomic mass is 32.1. The summed E-state index contributed by atoms with van der Waals surface area (Å²) in [6.45, 7) is 2.81. The predicted molar refractivity (Wildman–Crippen MR) is 102 cm³/mol. The zero-order valence-corrected chi connectivity index (χ0v) is 15.2. The lowest BCUT2D eigenvalue weighted by molar-refractivity contribution is -0.116. The van der Waals surface area contributed by atoms with Crippen LogP contribution in [-0.2, 0) is 17.8 Å². The second kappa shape index (κ2) is 7.31. The number of fused-ring (bicyclic) bond motifs is 1. The highest BCUT2D eigenvalue weighted by Crippen LogP contribution is 2.26. The van der Waals surface area contributed by atoms with Crippen molar-refractivity contribution in [3.05, 3.63) is 58.9 Å². The van der Waals surface area contributed by atoms with Crippen molar-refractivity contribution in [2.75, 3.05) is 5.32 Å². The number of aromatic nitrogens is 3. The van der Waals surface area contributed by atoms with Crippen LogP contribution in [0.25, 0.3) is 10.8 Å². The minimum atomic E-state index is 0.0955. The lowest BCUT2D eigenvalue weighted by Crippen LogP contribution is -2.21. The minimum absolute atomic E-state index is 0.0955. The van der Waals surface area contributed by atoms with Gasteiger partial charge in [0.1, 0.15) is 0 Å².